The van der Waals surface area contributed by atoms with E-state index in [2.05, 4.69) is 8.25 Å². The highest BCUT2D eigenvalue weighted by atomic mass is 33.1. The van der Waals surface area contributed by atoms with E-state index in [4.69, 9.17) is 0 Å². The molecule has 0 atom stereocenters. The van der Waals surface area contributed by atoms with Crippen LogP contribution in [0.25, 0.3) is 0 Å². The van der Waals surface area contributed by atoms with Crippen LogP contribution in [0.1, 0.15) is 0 Å². The van der Waals surface area contributed by atoms with Gasteiger partial charge in [0, 0.05) is 0 Å². The summed E-state index contributed by atoms with van der Waals surface area (Å²) in [6.07, 6.45) is 0. The molecule has 1 rings (SSSR count). The van der Waals surface area contributed by atoms with E-state index in [-0.39, 0.29) is 0 Å². The highest BCUT2D eigenvalue weighted by molar-refractivity contribution is 8.73. The van der Waals surface area contributed by atoms with Crippen LogP contribution in [0.5, 0.6) is 0 Å². The van der Waals surface area contributed by atoms with Crippen LogP contribution in [0.15, 0.2) is 0 Å². The fourth-order valence-corrected chi connectivity index (χ4v) is 3.06. The third-order valence-electron chi connectivity index (χ3n) is 0.245. The summed E-state index contributed by atoms with van der Waals surface area (Å²) in [5, 5.41) is 0. The van der Waals surface area contributed by atoms with E-state index in [1.165, 1.54) is 0 Å². The first kappa shape index (κ1) is 4.14. The average molecular weight is 128 g/mol. The second kappa shape index (κ2) is 2.20. The molecule has 0 radical (unpaired) electrons. The molecule has 1 saturated heterocycles. The number of hydrogen-bond donors (Lipinski definition) is 2. The van der Waals surface area contributed by atoms with E-state index in [0.29, 0.717) is 0 Å². The largest absolute Gasteiger partial charge is 0.344 e. The summed E-state index contributed by atoms with van der Waals surface area (Å²) < 4.78 is 4.20. The van der Waals surface area contributed by atoms with Crippen LogP contribution in [0.4, 0.5) is 0 Å². The number of rotatable bonds is 0. The zero-order valence-corrected chi connectivity index (χ0v) is 4.83. The summed E-state index contributed by atoms with van der Waals surface area (Å²) in [4.78, 5) is 0. The van der Waals surface area contributed by atoms with Gasteiger partial charge in [-0.2, -0.15) is 8.25 Å². The molecule has 1 heterocycles. The van der Waals surface area contributed by atoms with Crippen LogP contribution >= 0.6 is 34.1 Å². The molecule has 5 heteroatoms. The predicted octanol–water partition coefficient (Wildman–Crippen LogP) is -1.10. The highest BCUT2D eigenvalue weighted by Gasteiger charge is 2.11. The number of hydrogen-bond acceptors (Lipinski definition) is 3. The lowest BCUT2D eigenvalue weighted by atomic mass is 13.8. The SMILES string of the molecule is [NH2+]1S[NH2+]SS1. The highest BCUT2D eigenvalue weighted by Crippen LogP contribution is 2.04. The van der Waals surface area contributed by atoms with Gasteiger partial charge in [0.2, 0.25) is 22.0 Å². The Hall–Kier alpha value is 0.970. The summed E-state index contributed by atoms with van der Waals surface area (Å²) in [5.41, 5.74) is 0. The lowest BCUT2D eigenvalue weighted by molar-refractivity contribution is -0.362. The number of quaternary nitrogens is 2. The molecule has 30 valence electrons. The minimum absolute atomic E-state index is 1.75. The molecular formula is H4N2S3+2. The molecule has 0 saturated carbocycles. The van der Waals surface area contributed by atoms with Crippen molar-refractivity contribution in [2.45, 2.75) is 0 Å². The Bertz CT molecular complexity index is 16.5. The molecule has 0 spiro atoms. The Morgan fingerprint density at radius 2 is 1.60 bits per heavy atom. The fourth-order valence-electron chi connectivity index (χ4n) is 0.113. The molecule has 0 aromatic carbocycles. The molecule has 0 aromatic heterocycles. The normalized spacial score (nSPS) is 24.0. The summed E-state index contributed by atoms with van der Waals surface area (Å²) in [7, 11) is 3.55. The lowest BCUT2D eigenvalue weighted by Crippen LogP contribution is -2.76. The van der Waals surface area contributed by atoms with Gasteiger partial charge in [-0.25, -0.2) is 0 Å². The van der Waals surface area contributed by atoms with Crippen LogP contribution in [0.2, 0.25) is 0 Å². The first-order valence-electron chi connectivity index (χ1n) is 1.11. The van der Waals surface area contributed by atoms with Crippen LogP contribution in [-0.4, -0.2) is 0 Å². The molecule has 2 nitrogen and oxygen atoms in total. The van der Waals surface area contributed by atoms with Crippen molar-refractivity contribution in [1.82, 2.24) is 0 Å². The standard InChI is InChI=1S/H2N2S3/c1-3-2-5-4-1/h1-2H/p+2. The first-order valence-corrected chi connectivity index (χ1v) is 4.33. The van der Waals surface area contributed by atoms with Crippen molar-refractivity contribution in [2.75, 3.05) is 0 Å². The monoisotopic (exact) mass is 128 g/mol. The van der Waals surface area contributed by atoms with Crippen LogP contribution < -0.4 is 8.25 Å². The van der Waals surface area contributed by atoms with Gasteiger partial charge in [0.15, 0.2) is 0 Å². The van der Waals surface area contributed by atoms with Gasteiger partial charge in [-0.1, -0.05) is 0 Å². The zero-order valence-electron chi connectivity index (χ0n) is 2.38. The van der Waals surface area contributed by atoms with Gasteiger partial charge in [-0.15, -0.1) is 0 Å². The molecule has 4 N–H and O–H groups in total. The van der Waals surface area contributed by atoms with Gasteiger partial charge in [0.05, 0.1) is 0 Å². The van der Waals surface area contributed by atoms with E-state index < -0.39 is 0 Å². The van der Waals surface area contributed by atoms with E-state index in [0.717, 1.165) is 0 Å². The van der Waals surface area contributed by atoms with E-state index >= 15 is 0 Å². The molecule has 0 aliphatic carbocycles. The minimum atomic E-state index is 1.75. The third-order valence-corrected chi connectivity index (χ3v) is 3.62. The summed E-state index contributed by atoms with van der Waals surface area (Å²) in [6.45, 7) is 0. The lowest BCUT2D eigenvalue weighted by Gasteiger charge is -1.56. The number of nitrogens with two attached hydrogens (primary N) is 2. The van der Waals surface area contributed by atoms with Crippen molar-refractivity contribution in [3.8, 4) is 0 Å². The van der Waals surface area contributed by atoms with E-state index in [1.807, 2.05) is 0 Å². The van der Waals surface area contributed by atoms with Crippen molar-refractivity contribution >= 4 is 34.1 Å². The Labute approximate surface area is 42.8 Å². The molecular weight excluding hydrogens is 124 g/mol. The van der Waals surface area contributed by atoms with Crippen molar-refractivity contribution in [3.63, 3.8) is 0 Å². The molecule has 1 aliphatic rings. The topological polar surface area (TPSA) is 33.2 Å². The fraction of sp³-hybridized carbons (Fsp3) is 0. The van der Waals surface area contributed by atoms with Crippen LogP contribution in [0, 0.1) is 0 Å². The summed E-state index contributed by atoms with van der Waals surface area (Å²) >= 11 is 1.75. The maximum Gasteiger partial charge on any atom is 0.344 e. The maximum absolute atomic E-state index is 2.10. The zero-order chi connectivity index (χ0) is 3.54. The molecule has 0 amide bonds. The molecule has 0 aromatic rings. The van der Waals surface area contributed by atoms with E-state index in [9.17, 15) is 0 Å². The average Bonchev–Trinajstić information content (AvgIpc) is 1.76. The van der Waals surface area contributed by atoms with Gasteiger partial charge in [-0.3, -0.25) is 0 Å². The molecule has 1 fully saturated rings. The Morgan fingerprint density at radius 1 is 1.00 bits per heavy atom. The molecule has 5 heavy (non-hydrogen) atoms. The van der Waals surface area contributed by atoms with Crippen molar-refractivity contribution in [1.29, 1.82) is 0 Å². The van der Waals surface area contributed by atoms with Gasteiger partial charge in [0.25, 0.3) is 0 Å². The molecule has 0 bridgehead atoms. The quantitative estimate of drug-likeness (QED) is 0.321. The van der Waals surface area contributed by atoms with Crippen molar-refractivity contribution in [2.24, 2.45) is 0 Å². The second-order valence-corrected chi connectivity index (χ2v) is 3.87. The van der Waals surface area contributed by atoms with Crippen LogP contribution in [-0.2, 0) is 0 Å². The minimum Gasteiger partial charge on any atom is -0.157 e. The predicted molar refractivity (Wildman–Crippen MR) is 26.6 cm³/mol. The van der Waals surface area contributed by atoms with Gasteiger partial charge >= 0.3 is 12.1 Å². The molecule has 0 unspecified atom stereocenters. The van der Waals surface area contributed by atoms with E-state index in [1.54, 1.807) is 34.1 Å². The van der Waals surface area contributed by atoms with Gasteiger partial charge < -0.3 is 0 Å². The maximum atomic E-state index is 2.10. The van der Waals surface area contributed by atoms with Gasteiger partial charge in [0.1, 0.15) is 0 Å². The second-order valence-electron chi connectivity index (χ2n) is 0.521. The van der Waals surface area contributed by atoms with Crippen LogP contribution in [0.3, 0.4) is 0 Å². The van der Waals surface area contributed by atoms with Crippen molar-refractivity contribution < 1.29 is 8.25 Å². The van der Waals surface area contributed by atoms with Gasteiger partial charge in [-0.05, 0) is 0 Å². The van der Waals surface area contributed by atoms with Crippen molar-refractivity contribution in [3.05, 3.63) is 0 Å². The Morgan fingerprint density at radius 3 is 1.80 bits per heavy atom. The smallest absolute Gasteiger partial charge is 0.157 e. The molecule has 1 aliphatic heterocycles. The summed E-state index contributed by atoms with van der Waals surface area (Å²) in [6, 6.07) is 0. The third kappa shape index (κ3) is 1.23. The Balaban J connectivity index is 2.08. The summed E-state index contributed by atoms with van der Waals surface area (Å²) in [5.74, 6) is 0. The first-order chi connectivity index (χ1) is 2.50. The Kier molecular flexibility index (Phi) is 1.82.